The van der Waals surface area contributed by atoms with Gasteiger partial charge in [0.05, 0.1) is 22.6 Å². The van der Waals surface area contributed by atoms with Gasteiger partial charge in [-0.3, -0.25) is 9.59 Å². The summed E-state index contributed by atoms with van der Waals surface area (Å²) >= 11 is 1.14. The summed E-state index contributed by atoms with van der Waals surface area (Å²) < 4.78 is 26.6. The van der Waals surface area contributed by atoms with Gasteiger partial charge < -0.3 is 11.1 Å². The minimum atomic E-state index is -3.92. The van der Waals surface area contributed by atoms with E-state index in [1.165, 1.54) is 30.3 Å². The first-order chi connectivity index (χ1) is 13.8. The van der Waals surface area contributed by atoms with Gasteiger partial charge in [0.1, 0.15) is 5.00 Å². The number of hydrogen-bond acceptors (Lipinski definition) is 7. The highest BCUT2D eigenvalue weighted by molar-refractivity contribution is 7.89. The van der Waals surface area contributed by atoms with Crippen molar-refractivity contribution in [3.8, 4) is 12.1 Å². The van der Waals surface area contributed by atoms with Crippen molar-refractivity contribution in [1.82, 2.24) is 4.31 Å². The van der Waals surface area contributed by atoms with E-state index in [9.17, 15) is 18.0 Å². The van der Waals surface area contributed by atoms with Crippen LogP contribution in [0, 0.1) is 22.7 Å². The van der Waals surface area contributed by atoms with Gasteiger partial charge in [-0.05, 0) is 35.7 Å². The molecule has 1 aromatic heterocycles. The van der Waals surface area contributed by atoms with Gasteiger partial charge in [-0.1, -0.05) is 0 Å². The maximum Gasteiger partial charge on any atom is 0.256 e. The first-order valence-electron chi connectivity index (χ1n) is 8.34. The Morgan fingerprint density at radius 1 is 1.07 bits per heavy atom. The van der Waals surface area contributed by atoms with Crippen molar-refractivity contribution in [2.75, 3.05) is 18.4 Å². The van der Waals surface area contributed by atoms with E-state index in [2.05, 4.69) is 5.32 Å². The van der Waals surface area contributed by atoms with E-state index in [4.69, 9.17) is 16.3 Å². The van der Waals surface area contributed by atoms with Crippen LogP contribution in [-0.4, -0.2) is 37.6 Å². The van der Waals surface area contributed by atoms with Crippen molar-refractivity contribution in [2.45, 2.75) is 17.7 Å². The van der Waals surface area contributed by atoms with E-state index in [1.807, 2.05) is 12.1 Å². The third-order valence-corrected chi connectivity index (χ3v) is 6.60. The number of thiophene rings is 1. The first kappa shape index (κ1) is 22.0. The number of sulfonamides is 1. The molecule has 0 spiro atoms. The zero-order valence-electron chi connectivity index (χ0n) is 15.2. The summed E-state index contributed by atoms with van der Waals surface area (Å²) in [5.74, 6) is -1.19. The number of carbonyl (C=O) groups is 2. The lowest BCUT2D eigenvalue weighted by molar-refractivity contribution is 0.100. The number of nitrogens with one attached hydrogen (secondary N) is 1. The molecule has 3 N–H and O–H groups in total. The van der Waals surface area contributed by atoms with Crippen LogP contribution >= 0.6 is 11.3 Å². The Kier molecular flexibility index (Phi) is 7.45. The van der Waals surface area contributed by atoms with E-state index in [1.54, 1.807) is 5.38 Å². The number of nitrogens with zero attached hydrogens (tertiary/aromatic N) is 3. The Balaban J connectivity index is 2.20. The lowest BCUT2D eigenvalue weighted by Crippen LogP contribution is -2.32. The number of hydrogen-bond donors (Lipinski definition) is 2. The first-order valence-corrected chi connectivity index (χ1v) is 10.7. The van der Waals surface area contributed by atoms with Gasteiger partial charge in [0.2, 0.25) is 10.0 Å². The molecule has 0 unspecified atom stereocenters. The Hall–Kier alpha value is -3.25. The van der Waals surface area contributed by atoms with Crippen LogP contribution in [0.1, 0.15) is 33.6 Å². The molecule has 9 nitrogen and oxygen atoms in total. The van der Waals surface area contributed by atoms with E-state index in [-0.39, 0.29) is 42.0 Å². The number of carbonyl (C=O) groups excluding carboxylic acids is 2. The van der Waals surface area contributed by atoms with E-state index < -0.39 is 21.8 Å². The molecule has 2 rings (SSSR count). The second-order valence-electron chi connectivity index (χ2n) is 5.73. The monoisotopic (exact) mass is 431 g/mol. The smallest absolute Gasteiger partial charge is 0.256 e. The third kappa shape index (κ3) is 5.39. The molecule has 0 saturated carbocycles. The van der Waals surface area contributed by atoms with Gasteiger partial charge in [0.15, 0.2) is 0 Å². The molecule has 0 aliphatic carbocycles. The van der Waals surface area contributed by atoms with Gasteiger partial charge in [-0.15, -0.1) is 11.3 Å². The molecule has 0 bridgehead atoms. The van der Waals surface area contributed by atoms with E-state index in [0.29, 0.717) is 5.00 Å². The summed E-state index contributed by atoms with van der Waals surface area (Å²) in [4.78, 5) is 23.7. The molecule has 0 atom stereocenters. The molecule has 2 aromatic rings. The van der Waals surface area contributed by atoms with Gasteiger partial charge in [-0.25, -0.2) is 8.42 Å². The summed E-state index contributed by atoms with van der Waals surface area (Å²) in [6, 6.07) is 10.5. The third-order valence-electron chi connectivity index (χ3n) is 3.86. The Morgan fingerprint density at radius 3 is 2.17 bits per heavy atom. The maximum absolute atomic E-state index is 12.8. The Morgan fingerprint density at radius 2 is 1.66 bits per heavy atom. The summed E-state index contributed by atoms with van der Waals surface area (Å²) in [5, 5.41) is 21.9. The summed E-state index contributed by atoms with van der Waals surface area (Å²) in [7, 11) is -3.92. The molecule has 150 valence electrons. The number of benzene rings is 1. The lowest BCUT2D eigenvalue weighted by Gasteiger charge is -2.20. The van der Waals surface area contributed by atoms with Gasteiger partial charge in [0, 0.05) is 31.5 Å². The molecule has 0 fully saturated rings. The van der Waals surface area contributed by atoms with Crippen LogP contribution in [0.5, 0.6) is 0 Å². The summed E-state index contributed by atoms with van der Waals surface area (Å²) in [5.41, 5.74) is 5.62. The van der Waals surface area contributed by atoms with Crippen LogP contribution in [0.2, 0.25) is 0 Å². The number of nitriles is 2. The minimum absolute atomic E-state index is 0.00580. The lowest BCUT2D eigenvalue weighted by atomic mass is 10.2. The molecule has 0 saturated heterocycles. The number of anilines is 1. The van der Waals surface area contributed by atoms with Crippen molar-refractivity contribution in [3.05, 3.63) is 46.8 Å². The largest absolute Gasteiger partial charge is 0.366 e. The second-order valence-corrected chi connectivity index (χ2v) is 8.58. The zero-order chi connectivity index (χ0) is 21.4. The number of amides is 2. The second kappa shape index (κ2) is 9.80. The topological polar surface area (TPSA) is 157 Å². The van der Waals surface area contributed by atoms with Crippen molar-refractivity contribution in [1.29, 1.82) is 10.5 Å². The molecule has 1 heterocycles. The summed E-state index contributed by atoms with van der Waals surface area (Å²) in [6.07, 6.45) is -0.0116. The van der Waals surface area contributed by atoms with Gasteiger partial charge in [-0.2, -0.15) is 14.8 Å². The van der Waals surface area contributed by atoms with Crippen LogP contribution in [0.15, 0.2) is 40.6 Å². The van der Waals surface area contributed by atoms with Crippen LogP contribution in [0.3, 0.4) is 0 Å². The highest BCUT2D eigenvalue weighted by Gasteiger charge is 2.24. The molecule has 0 aliphatic rings. The molecular formula is C18H17N5O4S2. The van der Waals surface area contributed by atoms with Crippen LogP contribution < -0.4 is 11.1 Å². The fourth-order valence-electron chi connectivity index (χ4n) is 2.40. The van der Waals surface area contributed by atoms with E-state index in [0.717, 1.165) is 15.6 Å². The zero-order valence-corrected chi connectivity index (χ0v) is 16.8. The molecule has 0 aliphatic heterocycles. The van der Waals surface area contributed by atoms with Gasteiger partial charge in [0.25, 0.3) is 11.8 Å². The van der Waals surface area contributed by atoms with Crippen LogP contribution in [0.4, 0.5) is 5.00 Å². The predicted octanol–water partition coefficient (Wildman–Crippen LogP) is 1.92. The average molecular weight is 431 g/mol. The quantitative estimate of drug-likeness (QED) is 0.617. The average Bonchev–Trinajstić information content (AvgIpc) is 3.16. The number of primary amides is 1. The Bertz CT molecular complexity index is 1060. The highest BCUT2D eigenvalue weighted by Crippen LogP contribution is 2.24. The van der Waals surface area contributed by atoms with Gasteiger partial charge >= 0.3 is 0 Å². The fourth-order valence-corrected chi connectivity index (χ4v) is 4.63. The number of nitrogens with two attached hydrogens (primary N) is 1. The normalized spacial score (nSPS) is 10.9. The highest BCUT2D eigenvalue weighted by atomic mass is 32.2. The van der Waals surface area contributed by atoms with Crippen molar-refractivity contribution in [3.63, 3.8) is 0 Å². The standard InChI is InChI=1S/C18H17N5O4S2/c19-8-1-10-23(11-2-9-20)29(26,27)14-5-3-13(4-6-14)17(25)22-18-15(16(21)24)7-12-28-18/h3-7,12H,1-2,10-11H2,(H2,21,24)(H,22,25). The van der Waals surface area contributed by atoms with E-state index >= 15 is 0 Å². The molecule has 1 aromatic carbocycles. The van der Waals surface area contributed by atoms with Crippen LogP contribution in [-0.2, 0) is 10.0 Å². The molecule has 2 amide bonds. The SMILES string of the molecule is N#CCCN(CCC#N)S(=O)(=O)c1ccc(C(=O)Nc2sccc2C(N)=O)cc1. The van der Waals surface area contributed by atoms with Crippen molar-refractivity contribution >= 4 is 38.2 Å². The molecular weight excluding hydrogens is 414 g/mol. The molecule has 11 heteroatoms. The molecule has 0 radical (unpaired) electrons. The maximum atomic E-state index is 12.8. The fraction of sp³-hybridized carbons (Fsp3) is 0.222. The number of rotatable bonds is 9. The minimum Gasteiger partial charge on any atom is -0.366 e. The summed E-state index contributed by atoms with van der Waals surface area (Å²) in [6.45, 7) is -0.0615. The van der Waals surface area contributed by atoms with Crippen LogP contribution in [0.25, 0.3) is 0 Å². The Labute approximate surface area is 172 Å². The predicted molar refractivity (Wildman–Crippen MR) is 106 cm³/mol. The van der Waals surface area contributed by atoms with Crippen molar-refractivity contribution in [2.24, 2.45) is 5.73 Å². The molecule has 29 heavy (non-hydrogen) atoms. The van der Waals surface area contributed by atoms with Crippen molar-refractivity contribution < 1.29 is 18.0 Å².